The maximum absolute atomic E-state index is 13.4. The number of aromatic nitrogens is 2. The Labute approximate surface area is 372 Å². The minimum Gasteiger partial charge on any atom is -0.494 e. The van der Waals surface area contributed by atoms with E-state index in [1.54, 1.807) is 38.6 Å². The van der Waals surface area contributed by atoms with Gasteiger partial charge in [-0.2, -0.15) is 4.98 Å². The number of nitrogens with one attached hydrogen (secondary N) is 3. The molecule has 0 aliphatic carbocycles. The average molecular weight is 897 g/mol. The average Bonchev–Trinajstić information content (AvgIpc) is 3.61. The van der Waals surface area contributed by atoms with Crippen LogP contribution in [0, 0.1) is 5.41 Å². The van der Waals surface area contributed by atoms with E-state index in [4.69, 9.17) is 21.1 Å². The molecule has 1 spiro atoms. The van der Waals surface area contributed by atoms with Crippen molar-refractivity contribution in [1.82, 2.24) is 25.1 Å². The predicted octanol–water partition coefficient (Wildman–Crippen LogP) is 6.88. The van der Waals surface area contributed by atoms with Crippen molar-refractivity contribution >= 4 is 76.5 Å². The summed E-state index contributed by atoms with van der Waals surface area (Å²) in [6.07, 6.45) is 6.99. The maximum Gasteiger partial charge on any atom is 0.255 e. The summed E-state index contributed by atoms with van der Waals surface area (Å²) in [5, 5.41) is 9.97. The number of carbonyl (C=O) groups excluding carboxylic acids is 4. The molecule has 4 aliphatic heterocycles. The van der Waals surface area contributed by atoms with Crippen LogP contribution in [0.1, 0.15) is 73.4 Å². The summed E-state index contributed by atoms with van der Waals surface area (Å²) < 4.78 is 25.0. The van der Waals surface area contributed by atoms with Gasteiger partial charge >= 0.3 is 0 Å². The number of para-hydroxylation sites is 1. The van der Waals surface area contributed by atoms with Gasteiger partial charge in [0.1, 0.15) is 29.7 Å². The molecule has 8 rings (SSSR count). The first-order chi connectivity index (χ1) is 30.3. The SMILES string of the molecule is CCc1cc(Nc2ncc(Cl)c(Nc3ccccc3P(C)(C)=O)n2)c(OC)cc1N1CCC2(CCN(C(=O)CCOc3cccc4c3CN(C3CCC(=O)NC3=O)C4=O)CC2)CC1. The number of methoxy groups -OCH3 is 1. The highest BCUT2D eigenvalue weighted by Crippen LogP contribution is 2.45. The Kier molecular flexibility index (Phi) is 12.7. The van der Waals surface area contributed by atoms with Gasteiger partial charge in [0.2, 0.25) is 23.7 Å². The molecule has 4 amide bonds. The molecule has 63 heavy (non-hydrogen) atoms. The third kappa shape index (κ3) is 9.36. The molecule has 3 fully saturated rings. The number of imide groups is 1. The number of hydrogen-bond acceptors (Lipinski definition) is 12. The third-order valence-electron chi connectivity index (χ3n) is 13.0. The summed E-state index contributed by atoms with van der Waals surface area (Å²) in [4.78, 5) is 65.8. The molecule has 0 saturated carbocycles. The topological polar surface area (TPSA) is 175 Å². The Morgan fingerprint density at radius 3 is 2.43 bits per heavy atom. The minimum atomic E-state index is -2.57. The van der Waals surface area contributed by atoms with E-state index in [0.29, 0.717) is 63.5 Å². The molecule has 0 bridgehead atoms. The molecular weight excluding hydrogens is 843 g/mol. The monoisotopic (exact) mass is 896 g/mol. The fraction of sp³-hybridized carbons (Fsp3) is 0.435. The van der Waals surface area contributed by atoms with Crippen molar-refractivity contribution in [3.8, 4) is 11.5 Å². The number of piperidine rings is 3. The first-order valence-corrected chi connectivity index (χ1v) is 24.6. The van der Waals surface area contributed by atoms with Gasteiger partial charge in [0.25, 0.3) is 5.91 Å². The predicted molar refractivity (Wildman–Crippen MR) is 244 cm³/mol. The van der Waals surface area contributed by atoms with Crippen molar-refractivity contribution in [2.45, 2.75) is 70.9 Å². The Hall–Kier alpha value is -5.66. The standard InChI is InChI=1S/C46H54ClN8O7P/c1-5-29-25-34(50-45-48-27-32(47)42(52-45)49-33-10-6-7-12-39(33)63(3,4)60)38(61-2)26-36(29)53-20-16-46(17-21-53)18-22-54(23-19-46)41(57)15-24-62-37-11-8-9-30-31(37)28-55(44(30)59)35-13-14-40(56)51-43(35)58/h6-12,25-27,35H,5,13-24,28H2,1-4H3,(H,51,56,58)(H2,48,49,50,52). The van der Waals surface area contributed by atoms with Gasteiger partial charge in [-0.3, -0.25) is 24.5 Å². The number of amides is 4. The lowest BCUT2D eigenvalue weighted by atomic mass is 9.71. The van der Waals surface area contributed by atoms with Crippen molar-refractivity contribution in [2.75, 3.05) is 68.8 Å². The normalized spacial score (nSPS) is 18.6. The molecule has 4 aliphatic rings. The van der Waals surface area contributed by atoms with E-state index in [1.165, 1.54) is 16.7 Å². The second kappa shape index (κ2) is 18.2. The van der Waals surface area contributed by atoms with Crippen LogP contribution in [0.5, 0.6) is 11.5 Å². The zero-order chi connectivity index (χ0) is 44.5. The zero-order valence-corrected chi connectivity index (χ0v) is 37.8. The highest BCUT2D eigenvalue weighted by molar-refractivity contribution is 7.70. The molecular formula is C46H54ClN8O7P. The van der Waals surface area contributed by atoms with Gasteiger partial charge in [-0.15, -0.1) is 0 Å². The van der Waals surface area contributed by atoms with E-state index in [1.807, 2.05) is 29.2 Å². The van der Waals surface area contributed by atoms with Crippen LogP contribution in [-0.2, 0) is 31.9 Å². The van der Waals surface area contributed by atoms with Crippen molar-refractivity contribution in [1.29, 1.82) is 0 Å². The van der Waals surface area contributed by atoms with Gasteiger partial charge in [-0.1, -0.05) is 36.7 Å². The maximum atomic E-state index is 13.4. The molecule has 5 heterocycles. The van der Waals surface area contributed by atoms with E-state index in [9.17, 15) is 23.7 Å². The molecule has 1 atom stereocenters. The quantitative estimate of drug-likeness (QED) is 0.0940. The summed E-state index contributed by atoms with van der Waals surface area (Å²) in [5.74, 6) is 0.925. The first kappa shape index (κ1) is 44.0. The van der Waals surface area contributed by atoms with Gasteiger partial charge in [-0.25, -0.2) is 4.98 Å². The Balaban J connectivity index is 0.843. The van der Waals surface area contributed by atoms with Crippen molar-refractivity contribution in [2.24, 2.45) is 5.41 Å². The number of likely N-dealkylation sites (tertiary alicyclic amines) is 1. The molecule has 17 heteroatoms. The smallest absolute Gasteiger partial charge is 0.255 e. The number of carbonyl (C=O) groups is 4. The lowest BCUT2D eigenvalue weighted by Gasteiger charge is -2.47. The third-order valence-corrected chi connectivity index (χ3v) is 14.8. The number of fused-ring (bicyclic) bond motifs is 1. The Morgan fingerprint density at radius 2 is 1.71 bits per heavy atom. The molecule has 3 N–H and O–H groups in total. The van der Waals surface area contributed by atoms with Crippen LogP contribution in [0.3, 0.4) is 0 Å². The number of hydrogen-bond donors (Lipinski definition) is 3. The van der Waals surface area contributed by atoms with Crippen LogP contribution < -0.4 is 35.6 Å². The van der Waals surface area contributed by atoms with E-state index in [0.717, 1.165) is 56.6 Å². The first-order valence-electron chi connectivity index (χ1n) is 21.6. The summed E-state index contributed by atoms with van der Waals surface area (Å²) in [7, 11) is -0.922. The number of aryl methyl sites for hydroxylation is 1. The van der Waals surface area contributed by atoms with Gasteiger partial charge in [0, 0.05) is 60.8 Å². The molecule has 1 aromatic heterocycles. The lowest BCUT2D eigenvalue weighted by Crippen LogP contribution is -2.52. The van der Waals surface area contributed by atoms with Crippen LogP contribution in [-0.4, -0.2) is 103 Å². The van der Waals surface area contributed by atoms with Crippen molar-refractivity contribution in [3.05, 3.63) is 82.5 Å². The van der Waals surface area contributed by atoms with Crippen LogP contribution in [0.15, 0.2) is 60.8 Å². The molecule has 332 valence electrons. The Morgan fingerprint density at radius 1 is 0.968 bits per heavy atom. The van der Waals surface area contributed by atoms with E-state index in [2.05, 4.69) is 49.9 Å². The van der Waals surface area contributed by atoms with Crippen LogP contribution in [0.25, 0.3) is 0 Å². The fourth-order valence-electron chi connectivity index (χ4n) is 9.32. The summed E-state index contributed by atoms with van der Waals surface area (Å²) in [6.45, 7) is 9.20. The van der Waals surface area contributed by atoms with E-state index in [-0.39, 0.29) is 55.6 Å². The van der Waals surface area contributed by atoms with E-state index >= 15 is 0 Å². The molecule has 3 aromatic carbocycles. The van der Waals surface area contributed by atoms with Crippen LogP contribution in [0.4, 0.5) is 28.8 Å². The second-order valence-electron chi connectivity index (χ2n) is 17.2. The van der Waals surface area contributed by atoms with Crippen molar-refractivity contribution in [3.63, 3.8) is 0 Å². The molecule has 4 aromatic rings. The minimum absolute atomic E-state index is 0.0517. The summed E-state index contributed by atoms with van der Waals surface area (Å²) in [6, 6.07) is 16.2. The molecule has 0 radical (unpaired) electrons. The number of halogens is 1. The Bertz CT molecular complexity index is 2480. The summed E-state index contributed by atoms with van der Waals surface area (Å²) >= 11 is 6.53. The van der Waals surface area contributed by atoms with Gasteiger partial charge in [0.05, 0.1) is 44.3 Å². The van der Waals surface area contributed by atoms with E-state index < -0.39 is 19.1 Å². The molecule has 1 unspecified atom stereocenters. The number of benzene rings is 3. The van der Waals surface area contributed by atoms with Gasteiger partial charge < -0.3 is 39.4 Å². The lowest BCUT2D eigenvalue weighted by molar-refractivity contribution is -0.137. The highest BCUT2D eigenvalue weighted by Gasteiger charge is 2.41. The number of rotatable bonds is 13. The van der Waals surface area contributed by atoms with Gasteiger partial charge in [0.15, 0.2) is 5.82 Å². The van der Waals surface area contributed by atoms with Crippen molar-refractivity contribution < 1.29 is 33.2 Å². The number of ether oxygens (including phenoxy) is 2. The number of anilines is 5. The zero-order valence-electron chi connectivity index (χ0n) is 36.2. The number of nitrogens with zero attached hydrogens (tertiary/aromatic N) is 5. The summed E-state index contributed by atoms with van der Waals surface area (Å²) in [5.41, 5.74) is 5.06. The van der Waals surface area contributed by atoms with Crippen LogP contribution in [0.2, 0.25) is 5.02 Å². The molecule has 15 nitrogen and oxygen atoms in total. The molecule has 3 saturated heterocycles. The van der Waals surface area contributed by atoms with Gasteiger partial charge in [-0.05, 0) is 93.2 Å². The largest absolute Gasteiger partial charge is 0.494 e. The van der Waals surface area contributed by atoms with Crippen LogP contribution >= 0.6 is 18.7 Å². The second-order valence-corrected chi connectivity index (χ2v) is 20.8. The highest BCUT2D eigenvalue weighted by atomic mass is 35.5. The fourth-order valence-corrected chi connectivity index (χ4v) is 10.6.